The maximum atomic E-state index is 12.1. The van der Waals surface area contributed by atoms with Gasteiger partial charge in [0.2, 0.25) is 5.91 Å². The Morgan fingerprint density at radius 3 is 2.95 bits per heavy atom. The third kappa shape index (κ3) is 2.55. The van der Waals surface area contributed by atoms with Crippen LogP contribution in [0.3, 0.4) is 0 Å². The summed E-state index contributed by atoms with van der Waals surface area (Å²) < 4.78 is 6.97. The molecule has 1 saturated carbocycles. The van der Waals surface area contributed by atoms with Crippen molar-refractivity contribution in [3.63, 3.8) is 0 Å². The van der Waals surface area contributed by atoms with Crippen molar-refractivity contribution in [2.75, 3.05) is 18.1 Å². The van der Waals surface area contributed by atoms with Crippen LogP contribution in [0.5, 0.6) is 0 Å². The van der Waals surface area contributed by atoms with E-state index in [-0.39, 0.29) is 17.8 Å². The first kappa shape index (κ1) is 13.1. The van der Waals surface area contributed by atoms with Crippen molar-refractivity contribution in [2.45, 2.75) is 38.6 Å². The number of carbonyl (C=O) groups excluding carboxylic acids is 2. The highest BCUT2D eigenvalue weighted by Gasteiger charge is 2.33. The summed E-state index contributed by atoms with van der Waals surface area (Å²) in [5.41, 5.74) is 0.788. The molecule has 3 rings (SSSR count). The molecule has 0 aromatic carbocycles. The molecule has 6 nitrogen and oxygen atoms in total. The van der Waals surface area contributed by atoms with Gasteiger partial charge in [0.1, 0.15) is 0 Å². The van der Waals surface area contributed by atoms with Crippen molar-refractivity contribution in [1.29, 1.82) is 0 Å². The Hall–Kier alpha value is -1.85. The van der Waals surface area contributed by atoms with Crippen LogP contribution in [-0.2, 0) is 14.3 Å². The summed E-state index contributed by atoms with van der Waals surface area (Å²) in [5.74, 6) is -0.377. The number of rotatable bonds is 4. The molecule has 1 aliphatic heterocycles. The van der Waals surface area contributed by atoms with Crippen LogP contribution in [0.2, 0.25) is 0 Å². The SMILES string of the molecule is CCOC(=O)C1CCC(=O)N(c2cnn(C3CC3)c2)C1. The Morgan fingerprint density at radius 1 is 1.45 bits per heavy atom. The van der Waals surface area contributed by atoms with Gasteiger partial charge >= 0.3 is 5.97 Å². The van der Waals surface area contributed by atoms with Crippen LogP contribution in [0.4, 0.5) is 5.69 Å². The lowest BCUT2D eigenvalue weighted by Crippen LogP contribution is -2.43. The van der Waals surface area contributed by atoms with Crippen LogP contribution in [-0.4, -0.2) is 34.8 Å². The minimum absolute atomic E-state index is 0.0564. The average Bonchev–Trinajstić information content (AvgIpc) is 3.18. The number of hydrogen-bond acceptors (Lipinski definition) is 4. The van der Waals surface area contributed by atoms with Crippen LogP contribution >= 0.6 is 0 Å². The Bertz CT molecular complexity index is 521. The molecule has 0 spiro atoms. The molecule has 1 amide bonds. The van der Waals surface area contributed by atoms with Crippen molar-refractivity contribution < 1.29 is 14.3 Å². The average molecular weight is 277 g/mol. The van der Waals surface area contributed by atoms with E-state index in [0.29, 0.717) is 32.0 Å². The summed E-state index contributed by atoms with van der Waals surface area (Å²) >= 11 is 0. The van der Waals surface area contributed by atoms with Crippen LogP contribution in [0.15, 0.2) is 12.4 Å². The Kier molecular flexibility index (Phi) is 3.46. The van der Waals surface area contributed by atoms with Gasteiger partial charge in [0.25, 0.3) is 0 Å². The maximum Gasteiger partial charge on any atom is 0.310 e. The first-order valence-electron chi connectivity index (χ1n) is 7.20. The number of nitrogens with zero attached hydrogens (tertiary/aromatic N) is 3. The topological polar surface area (TPSA) is 64.4 Å². The number of esters is 1. The third-order valence-corrected chi connectivity index (χ3v) is 3.85. The fourth-order valence-electron chi connectivity index (χ4n) is 2.55. The molecule has 1 aromatic heterocycles. The summed E-state index contributed by atoms with van der Waals surface area (Å²) in [6.07, 6.45) is 6.89. The molecule has 0 N–H and O–H groups in total. The van der Waals surface area contributed by atoms with Crippen LogP contribution in [0.25, 0.3) is 0 Å². The van der Waals surface area contributed by atoms with Crippen molar-refractivity contribution in [3.05, 3.63) is 12.4 Å². The van der Waals surface area contributed by atoms with Crippen LogP contribution in [0.1, 0.15) is 38.6 Å². The number of amides is 1. The van der Waals surface area contributed by atoms with E-state index in [4.69, 9.17) is 4.74 Å². The van der Waals surface area contributed by atoms with E-state index >= 15 is 0 Å². The van der Waals surface area contributed by atoms with Gasteiger partial charge in [-0.05, 0) is 26.2 Å². The van der Waals surface area contributed by atoms with Crippen LogP contribution < -0.4 is 4.90 Å². The number of hydrogen-bond donors (Lipinski definition) is 0. The van der Waals surface area contributed by atoms with Crippen molar-refractivity contribution in [2.24, 2.45) is 5.92 Å². The van der Waals surface area contributed by atoms with Crippen molar-refractivity contribution >= 4 is 17.6 Å². The molecule has 20 heavy (non-hydrogen) atoms. The van der Waals surface area contributed by atoms with Gasteiger partial charge in [0, 0.05) is 19.2 Å². The predicted octanol–water partition coefficient (Wildman–Crippen LogP) is 1.52. The zero-order valence-electron chi connectivity index (χ0n) is 11.6. The van der Waals surface area contributed by atoms with E-state index in [2.05, 4.69) is 5.10 Å². The molecule has 108 valence electrons. The largest absolute Gasteiger partial charge is 0.466 e. The summed E-state index contributed by atoms with van der Waals surface area (Å²) in [4.78, 5) is 25.5. The van der Waals surface area contributed by atoms with Gasteiger partial charge < -0.3 is 9.64 Å². The van der Waals surface area contributed by atoms with Gasteiger partial charge in [0.05, 0.1) is 30.5 Å². The second kappa shape index (κ2) is 5.26. The van der Waals surface area contributed by atoms with E-state index < -0.39 is 0 Å². The molecular formula is C14H19N3O3. The molecule has 1 unspecified atom stereocenters. The second-order valence-electron chi connectivity index (χ2n) is 5.40. The maximum absolute atomic E-state index is 12.1. The molecule has 1 atom stereocenters. The second-order valence-corrected chi connectivity index (χ2v) is 5.40. The predicted molar refractivity (Wildman–Crippen MR) is 72.2 cm³/mol. The number of anilines is 1. The van der Waals surface area contributed by atoms with Crippen molar-refractivity contribution in [1.82, 2.24) is 9.78 Å². The molecule has 1 aromatic rings. The molecule has 0 radical (unpaired) electrons. The van der Waals surface area contributed by atoms with Gasteiger partial charge in [-0.3, -0.25) is 14.3 Å². The molecule has 2 aliphatic rings. The Labute approximate surface area is 117 Å². The van der Waals surface area contributed by atoms with Gasteiger partial charge in [-0.2, -0.15) is 5.10 Å². The first-order chi connectivity index (χ1) is 9.69. The number of ether oxygens (including phenoxy) is 1. The summed E-state index contributed by atoms with van der Waals surface area (Å²) in [6.45, 7) is 2.57. The van der Waals surface area contributed by atoms with E-state index in [0.717, 1.165) is 18.5 Å². The first-order valence-corrected chi connectivity index (χ1v) is 7.20. The third-order valence-electron chi connectivity index (χ3n) is 3.85. The molecule has 1 saturated heterocycles. The minimum atomic E-state index is -0.225. The standard InChI is InChI=1S/C14H19N3O3/c1-2-20-14(19)10-3-6-13(18)16(8-10)12-7-15-17(9-12)11-4-5-11/h7,9-11H,2-6,8H2,1H3. The molecule has 6 heteroatoms. The van der Waals surface area contributed by atoms with Crippen LogP contribution in [0, 0.1) is 5.92 Å². The molecule has 2 heterocycles. The highest BCUT2D eigenvalue weighted by molar-refractivity contribution is 5.95. The lowest BCUT2D eigenvalue weighted by atomic mass is 9.97. The normalized spacial score (nSPS) is 22.9. The highest BCUT2D eigenvalue weighted by atomic mass is 16.5. The lowest BCUT2D eigenvalue weighted by Gasteiger charge is -2.30. The molecule has 0 bridgehead atoms. The Balaban J connectivity index is 1.72. The Morgan fingerprint density at radius 2 is 2.25 bits per heavy atom. The van der Waals surface area contributed by atoms with E-state index in [1.807, 2.05) is 10.9 Å². The van der Waals surface area contributed by atoms with Gasteiger partial charge in [-0.15, -0.1) is 0 Å². The van der Waals surface area contributed by atoms with Gasteiger partial charge in [-0.25, -0.2) is 0 Å². The number of carbonyl (C=O) groups is 2. The summed E-state index contributed by atoms with van der Waals surface area (Å²) in [7, 11) is 0. The van der Waals surface area contributed by atoms with Crippen molar-refractivity contribution in [3.8, 4) is 0 Å². The fraction of sp³-hybridized carbons (Fsp3) is 0.643. The molecular weight excluding hydrogens is 258 g/mol. The quantitative estimate of drug-likeness (QED) is 0.783. The van der Waals surface area contributed by atoms with E-state index in [9.17, 15) is 9.59 Å². The smallest absolute Gasteiger partial charge is 0.310 e. The zero-order chi connectivity index (χ0) is 14.1. The fourth-order valence-corrected chi connectivity index (χ4v) is 2.55. The van der Waals surface area contributed by atoms with Gasteiger partial charge in [-0.1, -0.05) is 0 Å². The summed E-state index contributed by atoms with van der Waals surface area (Å²) in [5, 5.41) is 4.30. The monoisotopic (exact) mass is 277 g/mol. The highest BCUT2D eigenvalue weighted by Crippen LogP contribution is 2.35. The zero-order valence-corrected chi connectivity index (χ0v) is 11.6. The van der Waals surface area contributed by atoms with E-state index in [1.165, 1.54) is 0 Å². The molecule has 2 fully saturated rings. The summed E-state index contributed by atoms with van der Waals surface area (Å²) in [6, 6.07) is 0.490. The van der Waals surface area contributed by atoms with Gasteiger partial charge in [0.15, 0.2) is 0 Å². The number of aromatic nitrogens is 2. The van der Waals surface area contributed by atoms with E-state index in [1.54, 1.807) is 18.0 Å². The minimum Gasteiger partial charge on any atom is -0.466 e. The lowest BCUT2D eigenvalue weighted by molar-refractivity contribution is -0.148. The molecule has 1 aliphatic carbocycles. The number of piperidine rings is 1.